The fourth-order valence-corrected chi connectivity index (χ4v) is 1.83. The quantitative estimate of drug-likeness (QED) is 0.655. The molecule has 1 amide bonds. The number of phenols is 1. The Morgan fingerprint density at radius 1 is 1.42 bits per heavy atom. The molecule has 0 bridgehead atoms. The second-order valence-corrected chi connectivity index (χ2v) is 4.52. The van der Waals surface area contributed by atoms with E-state index < -0.39 is 30.4 Å². The number of hydrogen-bond donors (Lipinski definition) is 2. The normalized spacial score (nSPS) is 15.3. The number of nitrogen functional groups attached to an aromatic ring is 1. The van der Waals surface area contributed by atoms with Crippen LogP contribution in [0.25, 0.3) is 0 Å². The van der Waals surface area contributed by atoms with E-state index in [4.69, 9.17) is 5.73 Å². The summed E-state index contributed by atoms with van der Waals surface area (Å²) >= 11 is 0. The Labute approximate surface area is 107 Å². The number of benzene rings is 1. The van der Waals surface area contributed by atoms with Crippen LogP contribution in [0.2, 0.25) is 0 Å². The van der Waals surface area contributed by atoms with Gasteiger partial charge in [0.05, 0.1) is 11.3 Å². The molecule has 1 aliphatic carbocycles. The summed E-state index contributed by atoms with van der Waals surface area (Å²) in [7, 11) is 0. The number of para-hydroxylation sites is 1. The Hall–Kier alpha value is -1.92. The van der Waals surface area contributed by atoms with Crippen LogP contribution in [0.1, 0.15) is 23.2 Å². The molecule has 4 nitrogen and oxygen atoms in total. The molecule has 1 aromatic carbocycles. The van der Waals surface area contributed by atoms with Crippen LogP contribution >= 0.6 is 0 Å². The Bertz CT molecular complexity index is 498. The lowest BCUT2D eigenvalue weighted by molar-refractivity contribution is -0.141. The minimum absolute atomic E-state index is 0.0337. The largest absolute Gasteiger partial charge is 0.505 e. The van der Waals surface area contributed by atoms with E-state index in [2.05, 4.69) is 0 Å². The van der Waals surface area contributed by atoms with E-state index in [1.165, 1.54) is 18.2 Å². The predicted molar refractivity (Wildman–Crippen MR) is 62.6 cm³/mol. The number of amides is 1. The molecule has 0 atom stereocenters. The van der Waals surface area contributed by atoms with Gasteiger partial charge in [0.15, 0.2) is 5.75 Å². The second-order valence-electron chi connectivity index (χ2n) is 4.52. The van der Waals surface area contributed by atoms with Gasteiger partial charge in [-0.05, 0) is 25.0 Å². The third-order valence-corrected chi connectivity index (χ3v) is 2.90. The van der Waals surface area contributed by atoms with Gasteiger partial charge in [-0.1, -0.05) is 6.07 Å². The van der Waals surface area contributed by atoms with E-state index in [1.54, 1.807) is 0 Å². The molecule has 0 heterocycles. The van der Waals surface area contributed by atoms with Crippen molar-refractivity contribution in [1.29, 1.82) is 0 Å². The summed E-state index contributed by atoms with van der Waals surface area (Å²) in [6, 6.07) is 3.65. The first-order valence-electron chi connectivity index (χ1n) is 5.75. The molecule has 7 heteroatoms. The van der Waals surface area contributed by atoms with Gasteiger partial charge < -0.3 is 15.7 Å². The van der Waals surface area contributed by atoms with Crippen molar-refractivity contribution in [3.63, 3.8) is 0 Å². The highest BCUT2D eigenvalue weighted by Gasteiger charge is 2.41. The number of nitrogens with zero attached hydrogens (tertiary/aromatic N) is 1. The summed E-state index contributed by atoms with van der Waals surface area (Å²) in [5.41, 5.74) is 5.20. The van der Waals surface area contributed by atoms with Gasteiger partial charge in [0.1, 0.15) is 6.54 Å². The van der Waals surface area contributed by atoms with E-state index in [-0.39, 0.29) is 11.3 Å². The van der Waals surface area contributed by atoms with Crippen molar-refractivity contribution in [2.75, 3.05) is 12.3 Å². The number of halogens is 3. The molecule has 1 aliphatic rings. The number of anilines is 1. The Morgan fingerprint density at radius 2 is 2.05 bits per heavy atom. The van der Waals surface area contributed by atoms with E-state index in [9.17, 15) is 23.1 Å². The first kappa shape index (κ1) is 13.5. The molecule has 0 spiro atoms. The van der Waals surface area contributed by atoms with E-state index in [0.717, 1.165) is 4.90 Å². The summed E-state index contributed by atoms with van der Waals surface area (Å²) in [5.74, 6) is -1.31. The molecule has 1 fully saturated rings. The van der Waals surface area contributed by atoms with Crippen molar-refractivity contribution in [1.82, 2.24) is 4.90 Å². The molecule has 0 aliphatic heterocycles. The molecule has 2 rings (SSSR count). The third-order valence-electron chi connectivity index (χ3n) is 2.90. The Morgan fingerprint density at radius 3 is 2.58 bits per heavy atom. The first-order chi connectivity index (χ1) is 8.79. The highest BCUT2D eigenvalue weighted by atomic mass is 19.4. The number of hydrogen-bond acceptors (Lipinski definition) is 3. The van der Waals surface area contributed by atoms with Gasteiger partial charge in [-0.15, -0.1) is 0 Å². The zero-order valence-corrected chi connectivity index (χ0v) is 9.94. The van der Waals surface area contributed by atoms with Gasteiger partial charge in [0.25, 0.3) is 5.91 Å². The Kier molecular flexibility index (Phi) is 3.30. The highest BCUT2D eigenvalue weighted by molar-refractivity contribution is 5.98. The van der Waals surface area contributed by atoms with Crippen molar-refractivity contribution >= 4 is 11.6 Å². The number of carbonyl (C=O) groups is 1. The molecule has 19 heavy (non-hydrogen) atoms. The molecular weight excluding hydrogens is 261 g/mol. The maximum absolute atomic E-state index is 12.5. The van der Waals surface area contributed by atoms with Gasteiger partial charge in [-0.3, -0.25) is 4.79 Å². The van der Waals surface area contributed by atoms with Gasteiger partial charge in [-0.2, -0.15) is 13.2 Å². The number of rotatable bonds is 3. The van der Waals surface area contributed by atoms with E-state index >= 15 is 0 Å². The van der Waals surface area contributed by atoms with Crippen LogP contribution in [0.4, 0.5) is 18.9 Å². The molecule has 0 aromatic heterocycles. The topological polar surface area (TPSA) is 66.6 Å². The molecule has 1 saturated carbocycles. The molecule has 0 saturated heterocycles. The number of phenolic OH excluding ortho intramolecular Hbond substituents is 1. The van der Waals surface area contributed by atoms with Crippen molar-refractivity contribution in [2.24, 2.45) is 0 Å². The number of carbonyl (C=O) groups excluding carboxylic acids is 1. The second kappa shape index (κ2) is 4.64. The van der Waals surface area contributed by atoms with E-state index in [0.29, 0.717) is 12.8 Å². The summed E-state index contributed by atoms with van der Waals surface area (Å²) in [4.78, 5) is 12.8. The van der Waals surface area contributed by atoms with Crippen LogP contribution < -0.4 is 5.73 Å². The Balaban J connectivity index is 2.27. The van der Waals surface area contributed by atoms with Crippen molar-refractivity contribution in [3.05, 3.63) is 23.8 Å². The van der Waals surface area contributed by atoms with Gasteiger partial charge in [0.2, 0.25) is 0 Å². The average Bonchev–Trinajstić information content (AvgIpc) is 3.12. The third kappa shape index (κ3) is 3.10. The summed E-state index contributed by atoms with van der Waals surface area (Å²) < 4.78 is 37.4. The van der Waals surface area contributed by atoms with Crippen molar-refractivity contribution < 1.29 is 23.1 Å². The fourth-order valence-electron chi connectivity index (χ4n) is 1.83. The minimum atomic E-state index is -4.46. The van der Waals surface area contributed by atoms with Crippen LogP contribution in [-0.4, -0.2) is 34.7 Å². The fraction of sp³-hybridized carbons (Fsp3) is 0.417. The maximum Gasteiger partial charge on any atom is 0.406 e. The standard InChI is InChI=1S/C12H13F3N2O2/c13-12(14,15)6-17(7-4-5-7)11(19)8-2-1-3-9(16)10(8)18/h1-3,7,18H,4-6,16H2. The lowest BCUT2D eigenvalue weighted by Gasteiger charge is -2.24. The van der Waals surface area contributed by atoms with Gasteiger partial charge in [-0.25, -0.2) is 0 Å². The maximum atomic E-state index is 12.5. The zero-order valence-electron chi connectivity index (χ0n) is 9.94. The minimum Gasteiger partial charge on any atom is -0.505 e. The molecule has 1 aromatic rings. The lowest BCUT2D eigenvalue weighted by Crippen LogP contribution is -2.40. The van der Waals surface area contributed by atoms with Crippen molar-refractivity contribution in [2.45, 2.75) is 25.1 Å². The van der Waals surface area contributed by atoms with Gasteiger partial charge in [0, 0.05) is 6.04 Å². The van der Waals surface area contributed by atoms with Gasteiger partial charge >= 0.3 is 6.18 Å². The first-order valence-corrected chi connectivity index (χ1v) is 5.75. The zero-order chi connectivity index (χ0) is 14.2. The van der Waals surface area contributed by atoms with E-state index in [1.807, 2.05) is 0 Å². The molecule has 104 valence electrons. The average molecular weight is 274 g/mol. The van der Waals surface area contributed by atoms with Crippen LogP contribution in [0.5, 0.6) is 5.75 Å². The van der Waals surface area contributed by atoms with Crippen LogP contribution in [0, 0.1) is 0 Å². The number of nitrogens with two attached hydrogens (primary N) is 1. The molecular formula is C12H13F3N2O2. The monoisotopic (exact) mass is 274 g/mol. The SMILES string of the molecule is Nc1cccc(C(=O)N(CC(F)(F)F)C2CC2)c1O. The summed E-state index contributed by atoms with van der Waals surface area (Å²) in [6.45, 7) is -1.31. The smallest absolute Gasteiger partial charge is 0.406 e. The van der Waals surface area contributed by atoms with Crippen LogP contribution in [0.15, 0.2) is 18.2 Å². The molecule has 3 N–H and O–H groups in total. The van der Waals surface area contributed by atoms with Crippen LogP contribution in [0.3, 0.4) is 0 Å². The van der Waals surface area contributed by atoms with Crippen molar-refractivity contribution in [3.8, 4) is 5.75 Å². The highest BCUT2D eigenvalue weighted by Crippen LogP contribution is 2.34. The predicted octanol–water partition coefficient (Wildman–Crippen LogP) is 2.14. The molecule has 0 unspecified atom stereocenters. The molecule has 0 radical (unpaired) electrons. The lowest BCUT2D eigenvalue weighted by atomic mass is 10.1. The number of aromatic hydroxyl groups is 1. The summed E-state index contributed by atoms with van der Waals surface area (Å²) in [5, 5.41) is 9.66. The number of alkyl halides is 3. The van der Waals surface area contributed by atoms with Crippen LogP contribution in [-0.2, 0) is 0 Å². The summed E-state index contributed by atoms with van der Waals surface area (Å²) in [6.07, 6.45) is -3.37.